The molecular formula is C16H17BrN2O4. The molecule has 1 aromatic carbocycles. The zero-order chi connectivity index (χ0) is 16.8. The first-order valence-electron chi connectivity index (χ1n) is 7.14. The summed E-state index contributed by atoms with van der Waals surface area (Å²) in [7, 11) is 0. The molecular weight excluding hydrogens is 364 g/mol. The van der Waals surface area contributed by atoms with Crippen molar-refractivity contribution in [2.24, 2.45) is 0 Å². The SMILES string of the molecule is CCOC(=O)C(=CNc1c[nH]c2ccc(Br)cc12)C(=O)OCC. The molecule has 0 atom stereocenters. The smallest absolute Gasteiger partial charge is 0.347 e. The lowest BCUT2D eigenvalue weighted by Crippen LogP contribution is -2.19. The lowest BCUT2D eigenvalue weighted by atomic mass is 10.2. The molecule has 6 nitrogen and oxygen atoms in total. The second-order valence-electron chi connectivity index (χ2n) is 4.54. The summed E-state index contributed by atoms with van der Waals surface area (Å²) >= 11 is 3.41. The van der Waals surface area contributed by atoms with Crippen LogP contribution in [0.3, 0.4) is 0 Å². The van der Waals surface area contributed by atoms with E-state index in [1.54, 1.807) is 20.0 Å². The Bertz CT molecular complexity index is 732. The number of aromatic amines is 1. The third-order valence-corrected chi connectivity index (χ3v) is 3.50. The van der Waals surface area contributed by atoms with Gasteiger partial charge in [-0.3, -0.25) is 0 Å². The maximum Gasteiger partial charge on any atom is 0.347 e. The number of hydrogen-bond donors (Lipinski definition) is 2. The molecule has 0 radical (unpaired) electrons. The summed E-state index contributed by atoms with van der Waals surface area (Å²) in [6, 6.07) is 5.77. The number of halogens is 1. The number of benzene rings is 1. The van der Waals surface area contributed by atoms with Gasteiger partial charge in [-0.05, 0) is 32.0 Å². The molecule has 0 fully saturated rings. The Morgan fingerprint density at radius 2 is 1.87 bits per heavy atom. The lowest BCUT2D eigenvalue weighted by molar-refractivity contribution is -0.146. The minimum Gasteiger partial charge on any atom is -0.462 e. The van der Waals surface area contributed by atoms with Crippen molar-refractivity contribution in [2.45, 2.75) is 13.8 Å². The molecule has 0 saturated carbocycles. The highest BCUT2D eigenvalue weighted by Crippen LogP contribution is 2.26. The molecule has 7 heteroatoms. The Morgan fingerprint density at radius 1 is 1.22 bits per heavy atom. The molecule has 0 bridgehead atoms. The van der Waals surface area contributed by atoms with Crippen molar-refractivity contribution >= 4 is 44.5 Å². The monoisotopic (exact) mass is 380 g/mol. The van der Waals surface area contributed by atoms with Gasteiger partial charge in [-0.1, -0.05) is 15.9 Å². The quantitative estimate of drug-likeness (QED) is 0.347. The van der Waals surface area contributed by atoms with E-state index in [9.17, 15) is 9.59 Å². The van der Waals surface area contributed by atoms with Gasteiger partial charge in [-0.2, -0.15) is 0 Å². The van der Waals surface area contributed by atoms with Gasteiger partial charge in [0.2, 0.25) is 0 Å². The van der Waals surface area contributed by atoms with Crippen LogP contribution in [-0.4, -0.2) is 30.1 Å². The number of H-pyrrole nitrogens is 1. The van der Waals surface area contributed by atoms with Crippen LogP contribution in [0.1, 0.15) is 13.8 Å². The fourth-order valence-corrected chi connectivity index (χ4v) is 2.34. The van der Waals surface area contributed by atoms with Crippen LogP contribution >= 0.6 is 15.9 Å². The van der Waals surface area contributed by atoms with Crippen molar-refractivity contribution in [3.8, 4) is 0 Å². The summed E-state index contributed by atoms with van der Waals surface area (Å²) < 4.78 is 10.7. The second-order valence-corrected chi connectivity index (χ2v) is 5.45. The van der Waals surface area contributed by atoms with E-state index in [1.165, 1.54) is 6.20 Å². The van der Waals surface area contributed by atoms with Gasteiger partial charge in [-0.25, -0.2) is 9.59 Å². The van der Waals surface area contributed by atoms with Crippen molar-refractivity contribution in [3.63, 3.8) is 0 Å². The van der Waals surface area contributed by atoms with Crippen LogP contribution in [0, 0.1) is 0 Å². The van der Waals surface area contributed by atoms with Gasteiger partial charge in [-0.15, -0.1) is 0 Å². The van der Waals surface area contributed by atoms with E-state index in [0.29, 0.717) is 0 Å². The van der Waals surface area contributed by atoms with E-state index in [4.69, 9.17) is 9.47 Å². The molecule has 0 unspecified atom stereocenters. The van der Waals surface area contributed by atoms with Gasteiger partial charge in [0.1, 0.15) is 0 Å². The third-order valence-electron chi connectivity index (χ3n) is 3.01. The Hall–Kier alpha value is -2.28. The highest BCUT2D eigenvalue weighted by molar-refractivity contribution is 9.10. The predicted octanol–water partition coefficient (Wildman–Crippen LogP) is 3.35. The number of fused-ring (bicyclic) bond motifs is 1. The Balaban J connectivity index is 2.29. The fraction of sp³-hybridized carbons (Fsp3) is 0.250. The number of hydrogen-bond acceptors (Lipinski definition) is 5. The number of carbonyl (C=O) groups is 2. The highest BCUT2D eigenvalue weighted by atomic mass is 79.9. The first-order valence-corrected chi connectivity index (χ1v) is 7.93. The number of rotatable bonds is 6. The number of nitrogens with one attached hydrogen (secondary N) is 2. The van der Waals surface area contributed by atoms with E-state index in [-0.39, 0.29) is 18.8 Å². The van der Waals surface area contributed by atoms with Crippen molar-refractivity contribution in [1.82, 2.24) is 4.98 Å². The standard InChI is InChI=1S/C16H17BrN2O4/c1-3-22-15(20)12(16(21)23-4-2)8-18-14-9-19-13-6-5-10(17)7-11(13)14/h5-9,18-19H,3-4H2,1-2H3. The van der Waals surface area contributed by atoms with Crippen LogP contribution in [0.2, 0.25) is 0 Å². The molecule has 122 valence electrons. The van der Waals surface area contributed by atoms with Crippen LogP contribution in [-0.2, 0) is 19.1 Å². The summed E-state index contributed by atoms with van der Waals surface area (Å²) in [4.78, 5) is 26.9. The van der Waals surface area contributed by atoms with Crippen LogP contribution < -0.4 is 5.32 Å². The van der Waals surface area contributed by atoms with Crippen LogP contribution in [0.15, 0.2) is 40.6 Å². The Kier molecular flexibility index (Phi) is 5.81. The lowest BCUT2D eigenvalue weighted by Gasteiger charge is -2.07. The topological polar surface area (TPSA) is 80.4 Å². The van der Waals surface area contributed by atoms with Gasteiger partial charge in [0.15, 0.2) is 5.57 Å². The maximum atomic E-state index is 11.9. The summed E-state index contributed by atoms with van der Waals surface area (Å²) in [5.41, 5.74) is 1.48. The fourth-order valence-electron chi connectivity index (χ4n) is 1.98. The summed E-state index contributed by atoms with van der Waals surface area (Å²) in [5.74, 6) is -1.45. The molecule has 0 spiro atoms. The molecule has 0 amide bonds. The Labute approximate surface area is 142 Å². The number of ether oxygens (including phenoxy) is 2. The first kappa shape index (κ1) is 17.1. The molecule has 1 heterocycles. The maximum absolute atomic E-state index is 11.9. The molecule has 0 saturated heterocycles. The average molecular weight is 381 g/mol. The molecule has 1 aromatic heterocycles. The number of anilines is 1. The van der Waals surface area contributed by atoms with E-state index in [0.717, 1.165) is 21.1 Å². The molecule has 2 rings (SSSR count). The van der Waals surface area contributed by atoms with Crippen LogP contribution in [0.5, 0.6) is 0 Å². The minimum atomic E-state index is -0.723. The Morgan fingerprint density at radius 3 is 2.48 bits per heavy atom. The summed E-state index contributed by atoms with van der Waals surface area (Å²) in [6.07, 6.45) is 3.06. The van der Waals surface area contributed by atoms with E-state index in [1.807, 2.05) is 18.2 Å². The molecule has 0 aliphatic carbocycles. The van der Waals surface area contributed by atoms with Crippen LogP contribution in [0.4, 0.5) is 5.69 Å². The van der Waals surface area contributed by atoms with Crippen molar-refractivity contribution in [2.75, 3.05) is 18.5 Å². The van der Waals surface area contributed by atoms with Crippen molar-refractivity contribution in [3.05, 3.63) is 40.6 Å². The van der Waals surface area contributed by atoms with E-state index < -0.39 is 11.9 Å². The van der Waals surface area contributed by atoms with Gasteiger partial charge < -0.3 is 19.8 Å². The molecule has 2 aromatic rings. The van der Waals surface area contributed by atoms with Gasteiger partial charge in [0.05, 0.1) is 18.9 Å². The van der Waals surface area contributed by atoms with E-state index in [2.05, 4.69) is 26.2 Å². The van der Waals surface area contributed by atoms with Gasteiger partial charge in [0, 0.05) is 27.8 Å². The highest BCUT2D eigenvalue weighted by Gasteiger charge is 2.21. The van der Waals surface area contributed by atoms with Crippen molar-refractivity contribution < 1.29 is 19.1 Å². The van der Waals surface area contributed by atoms with Crippen LogP contribution in [0.25, 0.3) is 10.9 Å². The molecule has 0 aliphatic rings. The number of carbonyl (C=O) groups excluding carboxylic acids is 2. The number of esters is 2. The summed E-state index contributed by atoms with van der Waals surface area (Å²) in [6.45, 7) is 3.70. The van der Waals surface area contributed by atoms with Gasteiger partial charge >= 0.3 is 11.9 Å². The molecule has 0 aliphatic heterocycles. The van der Waals surface area contributed by atoms with Gasteiger partial charge in [0.25, 0.3) is 0 Å². The first-order chi connectivity index (χ1) is 11.1. The normalized spacial score (nSPS) is 10.2. The molecule has 23 heavy (non-hydrogen) atoms. The summed E-state index contributed by atoms with van der Waals surface area (Å²) in [5, 5.41) is 3.88. The zero-order valence-corrected chi connectivity index (χ0v) is 14.4. The largest absolute Gasteiger partial charge is 0.462 e. The van der Waals surface area contributed by atoms with Crippen molar-refractivity contribution in [1.29, 1.82) is 0 Å². The number of aromatic nitrogens is 1. The second kappa shape index (κ2) is 7.82. The minimum absolute atomic E-state index is 0.176. The third kappa shape index (κ3) is 4.13. The predicted molar refractivity (Wildman–Crippen MR) is 91.0 cm³/mol. The van der Waals surface area contributed by atoms with E-state index >= 15 is 0 Å². The zero-order valence-electron chi connectivity index (χ0n) is 12.8. The average Bonchev–Trinajstić information content (AvgIpc) is 2.90. The molecule has 2 N–H and O–H groups in total.